The van der Waals surface area contributed by atoms with Gasteiger partial charge in [0.05, 0.1) is 24.5 Å². The summed E-state index contributed by atoms with van der Waals surface area (Å²) in [6, 6.07) is 12.5. The van der Waals surface area contributed by atoms with Crippen LogP contribution in [0.5, 0.6) is 5.75 Å². The van der Waals surface area contributed by atoms with Crippen molar-refractivity contribution in [2.75, 3.05) is 43.5 Å². The fraction of sp³-hybridized carbons (Fsp3) is 0.353. The molecule has 1 unspecified atom stereocenters. The number of fused-ring (bicyclic) bond motifs is 2. The maximum atomic E-state index is 15.5. The van der Waals surface area contributed by atoms with Crippen molar-refractivity contribution in [2.45, 2.75) is 44.1 Å². The number of likely N-dealkylation sites (tertiary alicyclic amines) is 1. The van der Waals surface area contributed by atoms with Crippen LogP contribution in [0.1, 0.15) is 54.3 Å². The standard InChI is InChI=1S/C34H33F4N5O/c1-42-11-9-21(10-12-42)25-8-7-24(18-27(25)36)40-34-39-19-29(38)32(41-34)22-15-28(37)33-31(16-22)43(13-14-44-33)30-4-2-3-20-5-6-23(35)17-26(20)30/h5-8,15-19,21,30H,2-4,9-14H2,1H3,(H,39,40,41). The Balaban J connectivity index is 1.19. The Bertz CT molecular complexity index is 1710. The molecule has 0 radical (unpaired) electrons. The summed E-state index contributed by atoms with van der Waals surface area (Å²) in [7, 11) is 2.07. The largest absolute Gasteiger partial charge is 0.486 e. The molecule has 44 heavy (non-hydrogen) atoms. The fourth-order valence-electron chi connectivity index (χ4n) is 6.85. The van der Waals surface area contributed by atoms with Crippen molar-refractivity contribution < 1.29 is 22.3 Å². The van der Waals surface area contributed by atoms with Gasteiger partial charge in [-0.1, -0.05) is 12.1 Å². The quantitative estimate of drug-likeness (QED) is 0.238. The van der Waals surface area contributed by atoms with Crippen molar-refractivity contribution in [2.24, 2.45) is 0 Å². The summed E-state index contributed by atoms with van der Waals surface area (Å²) in [5.74, 6) is -1.70. The third-order valence-corrected chi connectivity index (χ3v) is 9.11. The second-order valence-corrected chi connectivity index (χ2v) is 11.9. The molecule has 1 N–H and O–H groups in total. The molecule has 0 bridgehead atoms. The minimum atomic E-state index is -0.730. The predicted molar refractivity (Wildman–Crippen MR) is 161 cm³/mol. The minimum Gasteiger partial charge on any atom is -0.486 e. The molecule has 7 rings (SSSR count). The molecule has 1 aromatic heterocycles. The van der Waals surface area contributed by atoms with E-state index in [0.717, 1.165) is 62.5 Å². The second kappa shape index (κ2) is 11.7. The van der Waals surface area contributed by atoms with Crippen LogP contribution in [0.15, 0.2) is 54.7 Å². The van der Waals surface area contributed by atoms with E-state index in [1.54, 1.807) is 24.3 Å². The third-order valence-electron chi connectivity index (χ3n) is 9.11. The van der Waals surface area contributed by atoms with E-state index >= 15 is 13.2 Å². The number of aromatic nitrogens is 2. The summed E-state index contributed by atoms with van der Waals surface area (Å²) >= 11 is 0. The monoisotopic (exact) mass is 603 g/mol. The van der Waals surface area contributed by atoms with Gasteiger partial charge >= 0.3 is 0 Å². The Kier molecular flexibility index (Phi) is 7.62. The molecule has 10 heteroatoms. The zero-order valence-electron chi connectivity index (χ0n) is 24.4. The number of nitrogens with one attached hydrogen (secondary N) is 1. The molecule has 3 aliphatic rings. The number of hydrogen-bond donors (Lipinski definition) is 1. The van der Waals surface area contributed by atoms with Crippen LogP contribution in [-0.4, -0.2) is 48.2 Å². The van der Waals surface area contributed by atoms with Crippen molar-refractivity contribution in [3.8, 4) is 17.0 Å². The van der Waals surface area contributed by atoms with Crippen molar-refractivity contribution in [1.29, 1.82) is 0 Å². The number of hydrogen-bond acceptors (Lipinski definition) is 6. The highest BCUT2D eigenvalue weighted by molar-refractivity contribution is 5.73. The highest BCUT2D eigenvalue weighted by Crippen LogP contribution is 2.45. The lowest BCUT2D eigenvalue weighted by Gasteiger charge is -2.40. The molecule has 228 valence electrons. The van der Waals surface area contributed by atoms with Crippen LogP contribution in [0.25, 0.3) is 11.3 Å². The average molecular weight is 604 g/mol. The van der Waals surface area contributed by atoms with Gasteiger partial charge < -0.3 is 19.9 Å². The van der Waals surface area contributed by atoms with Gasteiger partial charge in [0.1, 0.15) is 23.9 Å². The Hall–Kier alpha value is -4.18. The van der Waals surface area contributed by atoms with E-state index in [4.69, 9.17) is 4.74 Å². The van der Waals surface area contributed by atoms with Crippen LogP contribution in [0.2, 0.25) is 0 Å². The first-order valence-electron chi connectivity index (χ1n) is 15.1. The number of aryl methyl sites for hydroxylation is 1. The second-order valence-electron chi connectivity index (χ2n) is 11.9. The van der Waals surface area contributed by atoms with Gasteiger partial charge in [0.25, 0.3) is 0 Å². The Morgan fingerprint density at radius 2 is 1.70 bits per heavy atom. The molecule has 0 amide bonds. The van der Waals surface area contributed by atoms with Crippen LogP contribution in [0, 0.1) is 23.3 Å². The van der Waals surface area contributed by atoms with E-state index in [-0.39, 0.29) is 53.2 Å². The van der Waals surface area contributed by atoms with E-state index in [2.05, 4.69) is 27.2 Å². The Morgan fingerprint density at radius 3 is 2.52 bits per heavy atom. The highest BCUT2D eigenvalue weighted by atomic mass is 19.1. The van der Waals surface area contributed by atoms with E-state index in [1.807, 2.05) is 11.0 Å². The zero-order valence-corrected chi connectivity index (χ0v) is 24.4. The van der Waals surface area contributed by atoms with Crippen LogP contribution in [0.4, 0.5) is 34.9 Å². The van der Waals surface area contributed by atoms with Gasteiger partial charge in [0.15, 0.2) is 17.4 Å². The van der Waals surface area contributed by atoms with Crippen LogP contribution in [-0.2, 0) is 6.42 Å². The first-order chi connectivity index (χ1) is 21.3. The summed E-state index contributed by atoms with van der Waals surface area (Å²) in [4.78, 5) is 12.7. The van der Waals surface area contributed by atoms with Crippen molar-refractivity contribution >= 4 is 17.3 Å². The van der Waals surface area contributed by atoms with Gasteiger partial charge in [0, 0.05) is 11.3 Å². The molecule has 1 saturated heterocycles. The van der Waals surface area contributed by atoms with Gasteiger partial charge in [-0.2, -0.15) is 0 Å². The van der Waals surface area contributed by atoms with Gasteiger partial charge in [-0.25, -0.2) is 27.5 Å². The fourth-order valence-corrected chi connectivity index (χ4v) is 6.85. The van der Waals surface area contributed by atoms with Gasteiger partial charge in [-0.15, -0.1) is 0 Å². The summed E-state index contributed by atoms with van der Waals surface area (Å²) in [5, 5.41) is 2.97. The lowest BCUT2D eigenvalue weighted by atomic mass is 9.86. The average Bonchev–Trinajstić information content (AvgIpc) is 3.02. The number of benzene rings is 3. The normalized spacial score (nSPS) is 18.8. The molecular formula is C34H33F4N5O. The molecule has 6 nitrogen and oxygen atoms in total. The molecular weight excluding hydrogens is 570 g/mol. The van der Waals surface area contributed by atoms with E-state index in [0.29, 0.717) is 23.5 Å². The highest BCUT2D eigenvalue weighted by Gasteiger charge is 2.32. The minimum absolute atomic E-state index is 0.0516. The smallest absolute Gasteiger partial charge is 0.227 e. The summed E-state index contributed by atoms with van der Waals surface area (Å²) in [6.45, 7) is 2.59. The summed E-state index contributed by atoms with van der Waals surface area (Å²) in [6.07, 6.45) is 5.34. The molecule has 1 fully saturated rings. The van der Waals surface area contributed by atoms with E-state index in [1.165, 1.54) is 18.2 Å². The molecule has 2 aliphatic heterocycles. The van der Waals surface area contributed by atoms with Gasteiger partial charge in [-0.05, 0) is 111 Å². The zero-order chi connectivity index (χ0) is 30.4. The number of halogens is 4. The molecule has 3 heterocycles. The van der Waals surface area contributed by atoms with Crippen LogP contribution >= 0.6 is 0 Å². The van der Waals surface area contributed by atoms with Crippen molar-refractivity contribution in [3.63, 3.8) is 0 Å². The number of rotatable bonds is 5. The molecule has 0 spiro atoms. The van der Waals surface area contributed by atoms with Crippen LogP contribution < -0.4 is 15.0 Å². The van der Waals surface area contributed by atoms with Crippen molar-refractivity contribution in [1.82, 2.24) is 14.9 Å². The van der Waals surface area contributed by atoms with E-state index in [9.17, 15) is 4.39 Å². The van der Waals surface area contributed by atoms with Gasteiger partial charge in [0.2, 0.25) is 5.95 Å². The summed E-state index contributed by atoms with van der Waals surface area (Å²) < 4.78 is 65.8. The third kappa shape index (κ3) is 5.47. The Labute approximate surface area is 253 Å². The number of ether oxygens (including phenoxy) is 1. The first kappa shape index (κ1) is 28.6. The van der Waals surface area contributed by atoms with Gasteiger partial charge in [-0.3, -0.25) is 0 Å². The maximum Gasteiger partial charge on any atom is 0.227 e. The molecule has 4 aromatic rings. The number of nitrogens with zero attached hydrogens (tertiary/aromatic N) is 4. The first-order valence-corrected chi connectivity index (χ1v) is 15.1. The lowest BCUT2D eigenvalue weighted by molar-refractivity contribution is 0.253. The number of anilines is 3. The van der Waals surface area contributed by atoms with Crippen LogP contribution in [0.3, 0.4) is 0 Å². The maximum absolute atomic E-state index is 15.5. The Morgan fingerprint density at radius 1 is 0.864 bits per heavy atom. The topological polar surface area (TPSA) is 53.5 Å². The molecule has 3 aromatic carbocycles. The molecule has 1 aliphatic carbocycles. The molecule has 1 atom stereocenters. The van der Waals surface area contributed by atoms with Crippen molar-refractivity contribution in [3.05, 3.63) is 94.7 Å². The predicted octanol–water partition coefficient (Wildman–Crippen LogP) is 7.53. The molecule has 0 saturated carbocycles. The SMILES string of the molecule is CN1CCC(c2ccc(Nc3ncc(F)c(-c4cc(F)c5c(c4)N(C4CCCc6ccc(F)cc64)CCO5)n3)cc2F)CC1. The lowest BCUT2D eigenvalue weighted by Crippen LogP contribution is -2.38. The number of piperidine rings is 1. The van der Waals surface area contributed by atoms with E-state index < -0.39 is 11.6 Å². The summed E-state index contributed by atoms with van der Waals surface area (Å²) in [5.41, 5.74) is 3.63.